The second-order valence-electron chi connectivity index (χ2n) is 5.47. The number of benzene rings is 3. The zero-order valence-corrected chi connectivity index (χ0v) is 15.5. The lowest BCUT2D eigenvalue weighted by molar-refractivity contribution is 0.174. The number of hydrogen-bond donors (Lipinski definition) is 1. The Morgan fingerprint density at radius 1 is 1.20 bits per heavy atom. The number of ether oxygens (including phenoxy) is 3. The van der Waals surface area contributed by atoms with Gasteiger partial charge in [0.05, 0.1) is 27.6 Å². The Morgan fingerprint density at radius 2 is 2.08 bits per heavy atom. The van der Waals surface area contributed by atoms with Gasteiger partial charge in [0.1, 0.15) is 11.8 Å². The standard InChI is InChI=1S/C19H13IN2O3/c1-23-17-8-13-11(7-14(17)20)5-6-12(9-21)18(13)22-15-3-2-4-16-19(15)25-10-24-16/h2-8,22H,10H2,1H3. The molecule has 6 heteroatoms. The van der Waals surface area contributed by atoms with E-state index in [2.05, 4.69) is 34.0 Å². The van der Waals surface area contributed by atoms with Gasteiger partial charge < -0.3 is 19.5 Å². The van der Waals surface area contributed by atoms with Crippen LogP contribution in [0.1, 0.15) is 5.56 Å². The molecule has 0 bridgehead atoms. The highest BCUT2D eigenvalue weighted by Gasteiger charge is 2.19. The van der Waals surface area contributed by atoms with Crippen LogP contribution in [0.4, 0.5) is 11.4 Å². The monoisotopic (exact) mass is 444 g/mol. The van der Waals surface area contributed by atoms with Crippen molar-refractivity contribution in [2.45, 2.75) is 0 Å². The SMILES string of the molecule is COc1cc2c(Nc3cccc4c3OCO4)c(C#N)ccc2cc1I. The van der Waals surface area contributed by atoms with Crippen LogP contribution < -0.4 is 19.5 Å². The Bertz CT molecular complexity index is 1030. The third-order valence-corrected chi connectivity index (χ3v) is 4.91. The van der Waals surface area contributed by atoms with E-state index in [-0.39, 0.29) is 6.79 Å². The van der Waals surface area contributed by atoms with Crippen LogP contribution in [-0.4, -0.2) is 13.9 Å². The number of rotatable bonds is 3. The normalized spacial score (nSPS) is 12.0. The van der Waals surface area contributed by atoms with Gasteiger partial charge >= 0.3 is 0 Å². The average Bonchev–Trinajstić information content (AvgIpc) is 3.11. The molecule has 5 nitrogen and oxygen atoms in total. The zero-order valence-electron chi connectivity index (χ0n) is 13.3. The molecule has 4 rings (SSSR count). The summed E-state index contributed by atoms with van der Waals surface area (Å²) in [6.45, 7) is 0.195. The molecule has 1 aliphatic rings. The van der Waals surface area contributed by atoms with Gasteiger partial charge in [0, 0.05) is 5.39 Å². The van der Waals surface area contributed by atoms with Crippen molar-refractivity contribution in [2.24, 2.45) is 0 Å². The Labute approximate surface area is 158 Å². The number of nitrogens with zero attached hydrogens (tertiary/aromatic N) is 1. The summed E-state index contributed by atoms with van der Waals surface area (Å²) in [5.41, 5.74) is 2.03. The molecule has 25 heavy (non-hydrogen) atoms. The molecular formula is C19H13IN2O3. The maximum atomic E-state index is 9.55. The lowest BCUT2D eigenvalue weighted by Gasteiger charge is -2.15. The van der Waals surface area contributed by atoms with E-state index < -0.39 is 0 Å². The maximum Gasteiger partial charge on any atom is 0.231 e. The predicted molar refractivity (Wildman–Crippen MR) is 104 cm³/mol. The number of halogens is 1. The van der Waals surface area contributed by atoms with E-state index in [0.717, 1.165) is 31.5 Å². The number of anilines is 2. The van der Waals surface area contributed by atoms with Gasteiger partial charge in [-0.05, 0) is 58.3 Å². The van der Waals surface area contributed by atoms with E-state index in [0.29, 0.717) is 17.1 Å². The van der Waals surface area contributed by atoms with Crippen molar-refractivity contribution >= 4 is 44.7 Å². The minimum Gasteiger partial charge on any atom is -0.496 e. The molecule has 1 N–H and O–H groups in total. The van der Waals surface area contributed by atoms with Crippen molar-refractivity contribution in [3.05, 3.63) is 51.6 Å². The number of nitrogens with one attached hydrogen (secondary N) is 1. The van der Waals surface area contributed by atoms with E-state index in [9.17, 15) is 5.26 Å². The lowest BCUT2D eigenvalue weighted by Crippen LogP contribution is -1.98. The molecule has 0 unspecified atom stereocenters. The first-order valence-corrected chi connectivity index (χ1v) is 8.65. The fraction of sp³-hybridized carbons (Fsp3) is 0.105. The third-order valence-electron chi connectivity index (χ3n) is 4.07. The molecule has 0 aliphatic carbocycles. The summed E-state index contributed by atoms with van der Waals surface area (Å²) in [6, 6.07) is 15.6. The molecule has 3 aromatic carbocycles. The minimum absolute atomic E-state index is 0.195. The van der Waals surface area contributed by atoms with Gasteiger partial charge in [-0.15, -0.1) is 0 Å². The quantitative estimate of drug-likeness (QED) is 0.589. The van der Waals surface area contributed by atoms with Crippen molar-refractivity contribution in [3.8, 4) is 23.3 Å². The second-order valence-corrected chi connectivity index (χ2v) is 6.63. The highest BCUT2D eigenvalue weighted by molar-refractivity contribution is 14.1. The van der Waals surface area contributed by atoms with Gasteiger partial charge in [-0.2, -0.15) is 5.26 Å². The van der Waals surface area contributed by atoms with Gasteiger partial charge in [-0.25, -0.2) is 0 Å². The van der Waals surface area contributed by atoms with E-state index in [1.54, 1.807) is 7.11 Å². The predicted octanol–water partition coefficient (Wildman–Crippen LogP) is 4.80. The van der Waals surface area contributed by atoms with E-state index in [4.69, 9.17) is 14.2 Å². The van der Waals surface area contributed by atoms with Crippen LogP contribution in [0, 0.1) is 14.9 Å². The zero-order chi connectivity index (χ0) is 17.4. The summed E-state index contributed by atoms with van der Waals surface area (Å²) in [5.74, 6) is 2.11. The van der Waals surface area contributed by atoms with E-state index in [1.807, 2.05) is 42.5 Å². The number of hydrogen-bond acceptors (Lipinski definition) is 5. The van der Waals surface area contributed by atoms with Crippen LogP contribution in [0.25, 0.3) is 10.8 Å². The molecule has 0 spiro atoms. The maximum absolute atomic E-state index is 9.55. The molecule has 0 amide bonds. The van der Waals surface area contributed by atoms with Crippen molar-refractivity contribution in [1.29, 1.82) is 5.26 Å². The third kappa shape index (κ3) is 2.70. The topological polar surface area (TPSA) is 63.5 Å². The summed E-state index contributed by atoms with van der Waals surface area (Å²) in [6.07, 6.45) is 0. The Balaban J connectivity index is 1.91. The van der Waals surface area contributed by atoms with Crippen LogP contribution in [0.15, 0.2) is 42.5 Å². The van der Waals surface area contributed by atoms with Gasteiger partial charge in [-0.1, -0.05) is 12.1 Å². The van der Waals surface area contributed by atoms with Crippen LogP contribution >= 0.6 is 22.6 Å². The summed E-state index contributed by atoms with van der Waals surface area (Å²) >= 11 is 2.24. The fourth-order valence-electron chi connectivity index (χ4n) is 2.87. The molecule has 1 heterocycles. The highest BCUT2D eigenvalue weighted by atomic mass is 127. The number of nitriles is 1. The minimum atomic E-state index is 0.195. The summed E-state index contributed by atoms with van der Waals surface area (Å²) < 4.78 is 17.4. The van der Waals surface area contributed by atoms with Crippen molar-refractivity contribution in [3.63, 3.8) is 0 Å². The molecular weight excluding hydrogens is 431 g/mol. The van der Waals surface area contributed by atoms with Gasteiger partial charge in [-0.3, -0.25) is 0 Å². The number of para-hydroxylation sites is 1. The second kappa shape index (κ2) is 6.33. The number of methoxy groups -OCH3 is 1. The smallest absolute Gasteiger partial charge is 0.231 e. The van der Waals surface area contributed by atoms with Crippen molar-refractivity contribution in [1.82, 2.24) is 0 Å². The summed E-state index contributed by atoms with van der Waals surface area (Å²) in [5, 5.41) is 14.8. The van der Waals surface area contributed by atoms with Crippen LogP contribution in [-0.2, 0) is 0 Å². The van der Waals surface area contributed by atoms with E-state index >= 15 is 0 Å². The Kier molecular flexibility index (Phi) is 4.01. The first-order chi connectivity index (χ1) is 12.2. The van der Waals surface area contributed by atoms with Crippen LogP contribution in [0.3, 0.4) is 0 Å². The summed E-state index contributed by atoms with van der Waals surface area (Å²) in [7, 11) is 1.64. The first-order valence-electron chi connectivity index (χ1n) is 7.57. The number of fused-ring (bicyclic) bond motifs is 2. The lowest BCUT2D eigenvalue weighted by atomic mass is 10.0. The Hall–Kier alpha value is -2.66. The molecule has 0 radical (unpaired) electrons. The molecule has 1 aliphatic heterocycles. The largest absolute Gasteiger partial charge is 0.496 e. The van der Waals surface area contributed by atoms with Crippen molar-refractivity contribution < 1.29 is 14.2 Å². The molecule has 3 aromatic rings. The molecule has 124 valence electrons. The molecule has 0 atom stereocenters. The average molecular weight is 444 g/mol. The van der Waals surface area contributed by atoms with Gasteiger partial charge in [0.25, 0.3) is 0 Å². The highest BCUT2D eigenvalue weighted by Crippen LogP contribution is 2.42. The van der Waals surface area contributed by atoms with Gasteiger partial charge in [0.2, 0.25) is 6.79 Å². The van der Waals surface area contributed by atoms with Crippen LogP contribution in [0.2, 0.25) is 0 Å². The van der Waals surface area contributed by atoms with E-state index in [1.165, 1.54) is 0 Å². The molecule has 0 saturated heterocycles. The molecule has 0 aromatic heterocycles. The van der Waals surface area contributed by atoms with Crippen molar-refractivity contribution in [2.75, 3.05) is 19.2 Å². The van der Waals surface area contributed by atoms with Gasteiger partial charge in [0.15, 0.2) is 11.5 Å². The first kappa shape index (κ1) is 15.8. The summed E-state index contributed by atoms with van der Waals surface area (Å²) in [4.78, 5) is 0. The van der Waals surface area contributed by atoms with Crippen LogP contribution in [0.5, 0.6) is 17.2 Å². The molecule has 0 fully saturated rings. The fourth-order valence-corrected chi connectivity index (χ4v) is 3.58. The molecule has 0 saturated carbocycles. The Morgan fingerprint density at radius 3 is 2.88 bits per heavy atom.